The van der Waals surface area contributed by atoms with Crippen molar-refractivity contribution in [1.29, 1.82) is 0 Å². The van der Waals surface area contributed by atoms with Gasteiger partial charge in [-0.3, -0.25) is 4.68 Å². The van der Waals surface area contributed by atoms with Crippen molar-refractivity contribution in [2.75, 3.05) is 20.3 Å². The molecular weight excluding hydrogens is 214 g/mol. The Morgan fingerprint density at radius 1 is 1.35 bits per heavy atom. The fourth-order valence-corrected chi connectivity index (χ4v) is 1.93. The van der Waals surface area contributed by atoms with E-state index in [1.165, 1.54) is 17.7 Å². The Morgan fingerprint density at radius 2 is 2.18 bits per heavy atom. The zero-order valence-corrected chi connectivity index (χ0v) is 11.3. The van der Waals surface area contributed by atoms with E-state index in [4.69, 9.17) is 4.74 Å². The highest BCUT2D eigenvalue weighted by molar-refractivity contribution is 5.18. The molecule has 0 spiro atoms. The standard InChI is InChI=1S/C13H25N3O/c1-4-6-13-12(10-14-7-9-17-3)11-15-16(13)8-5-2/h11,14H,4-10H2,1-3H3. The monoisotopic (exact) mass is 239 g/mol. The molecule has 4 nitrogen and oxygen atoms in total. The number of methoxy groups -OCH3 is 1. The van der Waals surface area contributed by atoms with E-state index in [-0.39, 0.29) is 0 Å². The molecule has 1 heterocycles. The molecule has 1 rings (SSSR count). The summed E-state index contributed by atoms with van der Waals surface area (Å²) in [6.07, 6.45) is 5.41. The molecule has 1 aromatic rings. The van der Waals surface area contributed by atoms with Gasteiger partial charge in [0.05, 0.1) is 12.8 Å². The molecule has 0 unspecified atom stereocenters. The maximum absolute atomic E-state index is 5.02. The second kappa shape index (κ2) is 8.25. The molecular formula is C13H25N3O. The Balaban J connectivity index is 2.56. The minimum atomic E-state index is 0.756. The molecule has 1 aromatic heterocycles. The predicted molar refractivity (Wildman–Crippen MR) is 70.1 cm³/mol. The van der Waals surface area contributed by atoms with Crippen molar-refractivity contribution in [2.45, 2.75) is 46.2 Å². The van der Waals surface area contributed by atoms with Crippen LogP contribution in [0, 0.1) is 0 Å². The summed E-state index contributed by atoms with van der Waals surface area (Å²) in [4.78, 5) is 0. The molecule has 0 aromatic carbocycles. The van der Waals surface area contributed by atoms with Crippen LogP contribution in [0.15, 0.2) is 6.20 Å². The topological polar surface area (TPSA) is 39.1 Å². The van der Waals surface area contributed by atoms with Crippen LogP contribution >= 0.6 is 0 Å². The van der Waals surface area contributed by atoms with Crippen molar-refractivity contribution in [3.8, 4) is 0 Å². The van der Waals surface area contributed by atoms with Gasteiger partial charge < -0.3 is 10.1 Å². The predicted octanol–water partition coefficient (Wildman–Crippen LogP) is 1.98. The van der Waals surface area contributed by atoms with Crippen LogP contribution in [-0.4, -0.2) is 30.0 Å². The third-order valence-corrected chi connectivity index (χ3v) is 2.76. The van der Waals surface area contributed by atoms with Gasteiger partial charge in [-0.05, 0) is 12.8 Å². The van der Waals surface area contributed by atoms with Crippen LogP contribution in [-0.2, 0) is 24.2 Å². The van der Waals surface area contributed by atoms with E-state index in [9.17, 15) is 0 Å². The third-order valence-electron chi connectivity index (χ3n) is 2.76. The van der Waals surface area contributed by atoms with Gasteiger partial charge in [0.1, 0.15) is 0 Å². The molecule has 0 aliphatic heterocycles. The van der Waals surface area contributed by atoms with Gasteiger partial charge in [-0.15, -0.1) is 0 Å². The highest BCUT2D eigenvalue weighted by Crippen LogP contribution is 2.11. The van der Waals surface area contributed by atoms with Crippen LogP contribution in [0.1, 0.15) is 37.9 Å². The molecule has 98 valence electrons. The molecule has 0 aliphatic carbocycles. The second-order valence-electron chi connectivity index (χ2n) is 4.26. The summed E-state index contributed by atoms with van der Waals surface area (Å²) < 4.78 is 7.17. The van der Waals surface area contributed by atoms with Gasteiger partial charge in [-0.2, -0.15) is 5.10 Å². The lowest BCUT2D eigenvalue weighted by molar-refractivity contribution is 0.199. The van der Waals surface area contributed by atoms with Crippen molar-refractivity contribution in [3.63, 3.8) is 0 Å². The van der Waals surface area contributed by atoms with E-state index in [0.29, 0.717) is 0 Å². The molecule has 0 amide bonds. The smallest absolute Gasteiger partial charge is 0.0587 e. The van der Waals surface area contributed by atoms with Gasteiger partial charge in [0, 0.05) is 38.0 Å². The lowest BCUT2D eigenvalue weighted by Gasteiger charge is -2.08. The minimum Gasteiger partial charge on any atom is -0.383 e. The maximum Gasteiger partial charge on any atom is 0.0587 e. The first-order valence-corrected chi connectivity index (χ1v) is 6.56. The number of ether oxygens (including phenoxy) is 1. The summed E-state index contributed by atoms with van der Waals surface area (Å²) in [6, 6.07) is 0. The number of rotatable bonds is 9. The van der Waals surface area contributed by atoms with Gasteiger partial charge in [0.15, 0.2) is 0 Å². The van der Waals surface area contributed by atoms with Crippen LogP contribution in [0.3, 0.4) is 0 Å². The van der Waals surface area contributed by atoms with Gasteiger partial charge in [-0.25, -0.2) is 0 Å². The van der Waals surface area contributed by atoms with Crippen molar-refractivity contribution < 1.29 is 4.74 Å². The minimum absolute atomic E-state index is 0.756. The van der Waals surface area contributed by atoms with Crippen LogP contribution in [0.2, 0.25) is 0 Å². The van der Waals surface area contributed by atoms with Crippen molar-refractivity contribution in [2.24, 2.45) is 0 Å². The Labute approximate surface area is 104 Å². The SMILES string of the molecule is CCCc1c(CNCCOC)cnn1CCC. The maximum atomic E-state index is 5.02. The molecule has 0 saturated carbocycles. The summed E-state index contributed by atoms with van der Waals surface area (Å²) >= 11 is 0. The molecule has 4 heteroatoms. The fraction of sp³-hybridized carbons (Fsp3) is 0.769. The van der Waals surface area contributed by atoms with Crippen molar-refractivity contribution >= 4 is 0 Å². The first kappa shape index (κ1) is 14.2. The van der Waals surface area contributed by atoms with Crippen LogP contribution in [0.5, 0.6) is 0 Å². The molecule has 0 fully saturated rings. The number of nitrogens with one attached hydrogen (secondary N) is 1. The largest absolute Gasteiger partial charge is 0.383 e. The van der Waals surface area contributed by atoms with E-state index >= 15 is 0 Å². The summed E-state index contributed by atoms with van der Waals surface area (Å²) in [7, 11) is 1.73. The number of hydrogen-bond donors (Lipinski definition) is 1. The van der Waals surface area contributed by atoms with E-state index < -0.39 is 0 Å². The molecule has 0 aliphatic rings. The van der Waals surface area contributed by atoms with Gasteiger partial charge >= 0.3 is 0 Å². The van der Waals surface area contributed by atoms with Crippen LogP contribution in [0.25, 0.3) is 0 Å². The average Bonchev–Trinajstić information content (AvgIpc) is 2.69. The summed E-state index contributed by atoms with van der Waals surface area (Å²) in [6.45, 7) is 7.96. The van der Waals surface area contributed by atoms with Gasteiger partial charge in [-0.1, -0.05) is 20.3 Å². The summed E-state index contributed by atoms with van der Waals surface area (Å²) in [5, 5.41) is 7.85. The summed E-state index contributed by atoms with van der Waals surface area (Å²) in [5.41, 5.74) is 2.72. The summed E-state index contributed by atoms with van der Waals surface area (Å²) in [5.74, 6) is 0. The van der Waals surface area contributed by atoms with E-state index in [1.54, 1.807) is 7.11 Å². The highest BCUT2D eigenvalue weighted by atomic mass is 16.5. The fourth-order valence-electron chi connectivity index (χ4n) is 1.93. The van der Waals surface area contributed by atoms with Crippen molar-refractivity contribution in [1.82, 2.24) is 15.1 Å². The highest BCUT2D eigenvalue weighted by Gasteiger charge is 2.08. The molecule has 0 atom stereocenters. The number of aryl methyl sites for hydroxylation is 1. The second-order valence-corrected chi connectivity index (χ2v) is 4.26. The first-order valence-electron chi connectivity index (χ1n) is 6.56. The average molecular weight is 239 g/mol. The zero-order chi connectivity index (χ0) is 12.5. The van der Waals surface area contributed by atoms with Crippen LogP contribution < -0.4 is 5.32 Å². The van der Waals surface area contributed by atoms with Gasteiger partial charge in [0.2, 0.25) is 0 Å². The molecule has 17 heavy (non-hydrogen) atoms. The van der Waals surface area contributed by atoms with Gasteiger partial charge in [0.25, 0.3) is 0 Å². The number of aromatic nitrogens is 2. The van der Waals surface area contributed by atoms with E-state index in [1.807, 2.05) is 6.20 Å². The third kappa shape index (κ3) is 4.48. The Bertz CT molecular complexity index is 310. The molecule has 0 saturated heterocycles. The number of nitrogens with zero attached hydrogens (tertiary/aromatic N) is 2. The lowest BCUT2D eigenvalue weighted by atomic mass is 10.1. The van der Waals surface area contributed by atoms with E-state index in [2.05, 4.69) is 28.9 Å². The normalized spacial score (nSPS) is 11.0. The molecule has 0 radical (unpaired) electrons. The Morgan fingerprint density at radius 3 is 2.82 bits per heavy atom. The zero-order valence-electron chi connectivity index (χ0n) is 11.3. The molecule has 1 N–H and O–H groups in total. The quantitative estimate of drug-likeness (QED) is 0.670. The first-order chi connectivity index (χ1) is 8.33. The Kier molecular flexibility index (Phi) is 6.89. The molecule has 0 bridgehead atoms. The Hall–Kier alpha value is -0.870. The lowest BCUT2D eigenvalue weighted by Crippen LogP contribution is -2.19. The number of hydrogen-bond acceptors (Lipinski definition) is 3. The van der Waals surface area contributed by atoms with Crippen molar-refractivity contribution in [3.05, 3.63) is 17.5 Å². The van der Waals surface area contributed by atoms with E-state index in [0.717, 1.165) is 39.1 Å². The van der Waals surface area contributed by atoms with Crippen LogP contribution in [0.4, 0.5) is 0 Å².